The predicted octanol–water partition coefficient (Wildman–Crippen LogP) is 15.9. The van der Waals surface area contributed by atoms with E-state index in [1.165, 1.54) is 154 Å². The van der Waals surface area contributed by atoms with Gasteiger partial charge in [-0.2, -0.15) is 0 Å². The number of allylic oxidation sites excluding steroid dienone is 10. The third kappa shape index (κ3) is 49.8. The van der Waals surface area contributed by atoms with E-state index in [0.717, 1.165) is 70.6 Å². The summed E-state index contributed by atoms with van der Waals surface area (Å²) in [6.45, 7) is 4.57. The lowest BCUT2D eigenvalue weighted by Crippen LogP contribution is -2.55. The molecule has 8 nitrogen and oxygen atoms in total. The number of carboxylic acids is 1. The molecule has 0 spiro atoms. The first-order chi connectivity index (χ1) is 33.6. The molecule has 0 N–H and O–H groups in total. The molecule has 0 aromatic carbocycles. The second kappa shape index (κ2) is 51.4. The number of carbonyl (C=O) groups excluding carboxylic acids is 3. The molecule has 0 aliphatic rings. The van der Waals surface area contributed by atoms with Crippen molar-refractivity contribution < 1.29 is 38.2 Å². The van der Waals surface area contributed by atoms with Crippen LogP contribution in [0.2, 0.25) is 0 Å². The van der Waals surface area contributed by atoms with E-state index in [4.69, 9.17) is 14.2 Å². The van der Waals surface area contributed by atoms with E-state index in [1.54, 1.807) is 21.1 Å². The van der Waals surface area contributed by atoms with E-state index in [0.29, 0.717) is 12.8 Å². The normalized spacial score (nSPS) is 13.2. The molecule has 0 saturated carbocycles. The van der Waals surface area contributed by atoms with Gasteiger partial charge in [0, 0.05) is 19.3 Å². The molecule has 0 aromatic rings. The van der Waals surface area contributed by atoms with Crippen molar-refractivity contribution in [2.24, 2.45) is 0 Å². The number of carboxylic acid groups (broad SMARTS) is 1. The number of hydrogen-bond donors (Lipinski definition) is 0. The van der Waals surface area contributed by atoms with Gasteiger partial charge < -0.3 is 28.6 Å². The molecule has 0 saturated heterocycles. The average molecular weight is 969 g/mol. The first kappa shape index (κ1) is 66.0. The lowest BCUT2D eigenvalue weighted by molar-refractivity contribution is -0.889. The van der Waals surface area contributed by atoms with Crippen LogP contribution in [0.4, 0.5) is 0 Å². The quantitative estimate of drug-likeness (QED) is 0.0259. The molecule has 0 aromatic heterocycles. The second-order valence-corrected chi connectivity index (χ2v) is 20.5. The van der Waals surface area contributed by atoms with Crippen molar-refractivity contribution in [2.45, 2.75) is 270 Å². The van der Waals surface area contributed by atoms with E-state index in [-0.39, 0.29) is 42.7 Å². The standard InChI is InChI=1S/C61H109NO7/c1-6-8-10-12-14-16-18-20-22-24-26-28-30-32-33-35-37-39-41-43-45-47-49-51-59(63)68-56-57(55-67-54-53-58(61(65)66)62(3,4)5)69-60(64)52-50-48-46-44-42-40-38-36-34-31-29-27-25-23-21-19-17-15-13-11-9-7-2/h9,11,15,17,21,23,27,29,32-33,57-58H,6-8,10,12-14,16,18-20,22,24-26,28,30-31,34-56H2,1-5H3/b11-9+,17-15+,23-21+,29-27+,33-32+. The molecule has 0 fully saturated rings. The van der Waals surface area contributed by atoms with Gasteiger partial charge in [-0.1, -0.05) is 222 Å². The number of carbonyl (C=O) groups is 3. The highest BCUT2D eigenvalue weighted by Crippen LogP contribution is 2.16. The smallest absolute Gasteiger partial charge is 0.306 e. The number of quaternary nitrogens is 1. The molecule has 2 unspecified atom stereocenters. The first-order valence-electron chi connectivity index (χ1n) is 28.8. The van der Waals surface area contributed by atoms with E-state index >= 15 is 0 Å². The molecular formula is C61H109NO7. The number of rotatable bonds is 52. The molecule has 0 aliphatic heterocycles. The summed E-state index contributed by atoms with van der Waals surface area (Å²) in [4.78, 5) is 37.2. The summed E-state index contributed by atoms with van der Waals surface area (Å²) >= 11 is 0. The second-order valence-electron chi connectivity index (χ2n) is 20.5. The number of esters is 2. The van der Waals surface area contributed by atoms with Crippen molar-refractivity contribution in [1.29, 1.82) is 0 Å². The zero-order chi connectivity index (χ0) is 50.6. The monoisotopic (exact) mass is 968 g/mol. The average Bonchev–Trinajstić information content (AvgIpc) is 3.31. The van der Waals surface area contributed by atoms with Gasteiger partial charge in [0.15, 0.2) is 6.10 Å². The van der Waals surface area contributed by atoms with Gasteiger partial charge in [-0.15, -0.1) is 0 Å². The Morgan fingerprint density at radius 1 is 0.449 bits per heavy atom. The Kier molecular flexibility index (Phi) is 49.2. The molecule has 0 aliphatic carbocycles. The fourth-order valence-corrected chi connectivity index (χ4v) is 8.47. The third-order valence-electron chi connectivity index (χ3n) is 12.9. The Labute approximate surface area is 426 Å². The highest BCUT2D eigenvalue weighted by molar-refractivity contribution is 5.70. The van der Waals surface area contributed by atoms with Gasteiger partial charge in [-0.25, -0.2) is 0 Å². The largest absolute Gasteiger partial charge is 0.544 e. The fourth-order valence-electron chi connectivity index (χ4n) is 8.47. The maximum Gasteiger partial charge on any atom is 0.306 e. The van der Waals surface area contributed by atoms with Crippen molar-refractivity contribution >= 4 is 17.9 Å². The van der Waals surface area contributed by atoms with Crippen LogP contribution < -0.4 is 5.11 Å². The van der Waals surface area contributed by atoms with Crippen LogP contribution in [0, 0.1) is 0 Å². The first-order valence-corrected chi connectivity index (χ1v) is 28.8. The van der Waals surface area contributed by atoms with E-state index in [9.17, 15) is 19.5 Å². The molecule has 69 heavy (non-hydrogen) atoms. The highest BCUT2D eigenvalue weighted by Gasteiger charge is 2.25. The Morgan fingerprint density at radius 2 is 0.812 bits per heavy atom. The minimum atomic E-state index is -1.13. The molecule has 2 atom stereocenters. The molecule has 0 rings (SSSR count). The number of nitrogens with zero attached hydrogens (tertiary/aromatic N) is 1. The van der Waals surface area contributed by atoms with Gasteiger partial charge in [-0.05, 0) is 77.0 Å². The van der Waals surface area contributed by atoms with Crippen LogP contribution in [-0.4, -0.2) is 75.5 Å². The van der Waals surface area contributed by atoms with Crippen molar-refractivity contribution in [3.63, 3.8) is 0 Å². The van der Waals surface area contributed by atoms with Crippen LogP contribution in [-0.2, 0) is 28.6 Å². The van der Waals surface area contributed by atoms with Gasteiger partial charge in [0.25, 0.3) is 0 Å². The lowest BCUT2D eigenvalue weighted by Gasteiger charge is -2.34. The van der Waals surface area contributed by atoms with Crippen LogP contribution in [0.3, 0.4) is 0 Å². The van der Waals surface area contributed by atoms with Crippen LogP contribution in [0.5, 0.6) is 0 Å². The Balaban J connectivity index is 4.18. The highest BCUT2D eigenvalue weighted by atomic mass is 16.6. The molecule has 0 amide bonds. The number of likely N-dealkylation sites (N-methyl/N-ethyl adjacent to an activating group) is 1. The zero-order valence-corrected chi connectivity index (χ0v) is 45.7. The molecular weight excluding hydrogens is 859 g/mol. The molecule has 0 heterocycles. The summed E-state index contributed by atoms with van der Waals surface area (Å²) in [5, 5.41) is 11.7. The van der Waals surface area contributed by atoms with Gasteiger partial charge >= 0.3 is 11.9 Å². The molecule has 400 valence electrons. The summed E-state index contributed by atoms with van der Waals surface area (Å²) < 4.78 is 17.3. The predicted molar refractivity (Wildman–Crippen MR) is 291 cm³/mol. The Morgan fingerprint density at radius 3 is 1.22 bits per heavy atom. The van der Waals surface area contributed by atoms with Crippen molar-refractivity contribution in [2.75, 3.05) is 41.0 Å². The fraction of sp³-hybridized carbons (Fsp3) is 0.787. The summed E-state index contributed by atoms with van der Waals surface area (Å²) in [7, 11) is 5.42. The van der Waals surface area contributed by atoms with E-state index < -0.39 is 18.1 Å². The van der Waals surface area contributed by atoms with E-state index in [1.807, 2.05) is 0 Å². The number of hydrogen-bond acceptors (Lipinski definition) is 7. The maximum atomic E-state index is 12.8. The van der Waals surface area contributed by atoms with E-state index in [2.05, 4.69) is 74.6 Å². The molecule has 0 radical (unpaired) electrons. The number of ether oxygens (including phenoxy) is 3. The topological polar surface area (TPSA) is 102 Å². The van der Waals surface area contributed by atoms with Crippen LogP contribution in [0.25, 0.3) is 0 Å². The van der Waals surface area contributed by atoms with Gasteiger partial charge in [-0.3, -0.25) is 9.59 Å². The van der Waals surface area contributed by atoms with Crippen molar-refractivity contribution in [3.05, 3.63) is 60.8 Å². The van der Waals surface area contributed by atoms with Crippen molar-refractivity contribution in [1.82, 2.24) is 0 Å². The van der Waals surface area contributed by atoms with Crippen LogP contribution in [0.15, 0.2) is 60.8 Å². The SMILES string of the molecule is CC/C=C/C/C=C/C/C=C/C/C=C/CCCCCCCCCCCC(=O)OC(COCCC(C(=O)[O-])[N+](C)(C)C)COC(=O)CCCCCCCCC/C=C/CCCCCCCCCCCCCC. The summed E-state index contributed by atoms with van der Waals surface area (Å²) in [5.74, 6) is -1.74. The van der Waals surface area contributed by atoms with Crippen LogP contribution in [0.1, 0.15) is 258 Å². The number of aliphatic carboxylic acids is 1. The van der Waals surface area contributed by atoms with Gasteiger partial charge in [0.1, 0.15) is 12.6 Å². The minimum absolute atomic E-state index is 0.0363. The minimum Gasteiger partial charge on any atom is -0.544 e. The number of unbranched alkanes of at least 4 members (excludes halogenated alkanes) is 28. The van der Waals surface area contributed by atoms with Crippen molar-refractivity contribution in [3.8, 4) is 0 Å². The lowest BCUT2D eigenvalue weighted by atomic mass is 10.0. The maximum absolute atomic E-state index is 12.8. The Bertz CT molecular complexity index is 1310. The molecule has 8 heteroatoms. The van der Waals surface area contributed by atoms with Gasteiger partial charge in [0.2, 0.25) is 0 Å². The third-order valence-corrected chi connectivity index (χ3v) is 12.9. The summed E-state index contributed by atoms with van der Waals surface area (Å²) in [6.07, 6.45) is 65.5. The van der Waals surface area contributed by atoms with Crippen LogP contribution >= 0.6 is 0 Å². The summed E-state index contributed by atoms with van der Waals surface area (Å²) in [6, 6.07) is -0.730. The Hall–Kier alpha value is -2.97. The zero-order valence-electron chi connectivity index (χ0n) is 45.7. The summed E-state index contributed by atoms with van der Waals surface area (Å²) in [5.41, 5.74) is 0. The molecule has 0 bridgehead atoms. The van der Waals surface area contributed by atoms with Gasteiger partial charge in [0.05, 0.1) is 40.3 Å².